The van der Waals surface area contributed by atoms with Crippen molar-refractivity contribution in [3.63, 3.8) is 0 Å². The number of alkyl halides is 3. The van der Waals surface area contributed by atoms with Crippen molar-refractivity contribution in [3.05, 3.63) is 0 Å². The summed E-state index contributed by atoms with van der Waals surface area (Å²) in [5, 5.41) is 0. The molecule has 0 bridgehead atoms. The monoisotopic (exact) mass is 473 g/mol. The van der Waals surface area contributed by atoms with Crippen LogP contribution in [0, 0.1) is 5.92 Å². The zero-order valence-corrected chi connectivity index (χ0v) is 18.5. The van der Waals surface area contributed by atoms with Crippen LogP contribution in [0.1, 0.15) is 26.2 Å². The van der Waals surface area contributed by atoms with Crippen molar-refractivity contribution >= 4 is 74.8 Å². The van der Waals surface area contributed by atoms with Crippen molar-refractivity contribution in [3.8, 4) is 0 Å². The van der Waals surface area contributed by atoms with Gasteiger partial charge in [0.05, 0.1) is 0 Å². The first-order valence-electron chi connectivity index (χ1n) is 7.17. The molecule has 8 nitrogen and oxygen atoms in total. The molecule has 1 aliphatic carbocycles. The van der Waals surface area contributed by atoms with Crippen LogP contribution in [0.2, 0.25) is 0 Å². The number of sulfonamides is 1. The fraction of sp³-hybridized carbons (Fsp3) is 0.818. The van der Waals surface area contributed by atoms with Crippen LogP contribution in [-0.2, 0) is 19.4 Å². The smallest absolute Gasteiger partial charge is 0.274 e. The van der Waals surface area contributed by atoms with Gasteiger partial charge < -0.3 is 0 Å². The number of halogens is 3. The third kappa shape index (κ3) is 5.56. The summed E-state index contributed by atoms with van der Waals surface area (Å²) >= 11 is 16.8. The van der Waals surface area contributed by atoms with Gasteiger partial charge in [-0.1, -0.05) is 53.1 Å². The summed E-state index contributed by atoms with van der Waals surface area (Å²) in [5.41, 5.74) is 0. The summed E-state index contributed by atoms with van der Waals surface area (Å²) in [4.78, 5) is 24.6. The van der Waals surface area contributed by atoms with Crippen LogP contribution in [-0.4, -0.2) is 52.7 Å². The van der Waals surface area contributed by atoms with Gasteiger partial charge in [0.15, 0.2) is 0 Å². The Bertz CT molecular complexity index is 681. The minimum absolute atomic E-state index is 0.220. The van der Waals surface area contributed by atoms with Gasteiger partial charge >= 0.3 is 15.8 Å². The van der Waals surface area contributed by atoms with E-state index in [1.807, 2.05) is 6.92 Å². The average molecular weight is 475 g/mol. The Hall–Kier alpha value is 0.140. The number of nitrogens with one attached hydrogen (secondary N) is 1. The first-order valence-corrected chi connectivity index (χ1v) is 13.0. The van der Waals surface area contributed by atoms with Crippen LogP contribution >= 0.6 is 52.8 Å². The van der Waals surface area contributed by atoms with Crippen molar-refractivity contribution in [2.24, 2.45) is 5.92 Å². The predicted octanol–water partition coefficient (Wildman–Crippen LogP) is 3.41. The number of urea groups is 1. The van der Waals surface area contributed by atoms with Crippen LogP contribution in [0.4, 0.5) is 4.79 Å². The molecule has 25 heavy (non-hydrogen) atoms. The van der Waals surface area contributed by atoms with Crippen LogP contribution in [0.15, 0.2) is 0 Å². The molecule has 1 aliphatic rings. The van der Waals surface area contributed by atoms with E-state index >= 15 is 0 Å². The summed E-state index contributed by atoms with van der Waals surface area (Å²) in [7, 11) is -2.19. The van der Waals surface area contributed by atoms with Gasteiger partial charge in [0.25, 0.3) is 10.0 Å². The number of hydrogen-bond acceptors (Lipinski definition) is 6. The first-order chi connectivity index (χ1) is 11.3. The Morgan fingerprint density at radius 2 is 1.76 bits per heavy atom. The molecule has 1 N–H and O–H groups in total. The maximum absolute atomic E-state index is 13.4. The van der Waals surface area contributed by atoms with E-state index in [0.29, 0.717) is 29.7 Å². The fourth-order valence-electron chi connectivity index (χ4n) is 1.66. The molecule has 14 heteroatoms. The van der Waals surface area contributed by atoms with Gasteiger partial charge in [0.1, 0.15) is 0 Å². The Morgan fingerprint density at radius 3 is 2.16 bits per heavy atom. The van der Waals surface area contributed by atoms with Crippen LogP contribution < -0.4 is 4.72 Å². The molecule has 0 aliphatic heterocycles. The van der Waals surface area contributed by atoms with E-state index in [1.165, 1.54) is 7.05 Å². The molecule has 0 aromatic carbocycles. The molecule has 1 unspecified atom stereocenters. The number of nitrogens with zero attached hydrogens (tertiary/aromatic N) is 2. The lowest BCUT2D eigenvalue weighted by atomic mass is 10.4. The minimum atomic E-state index is -4.65. The zero-order valence-electron chi connectivity index (χ0n) is 13.7. The molecule has 1 fully saturated rings. The molecule has 0 aromatic rings. The molecule has 0 spiro atoms. The topological polar surface area (TPSA) is 104 Å². The normalized spacial score (nSPS) is 17.5. The van der Waals surface area contributed by atoms with E-state index in [1.54, 1.807) is 4.72 Å². The lowest BCUT2D eigenvalue weighted by molar-refractivity contribution is -0.127. The predicted molar refractivity (Wildman–Crippen MR) is 101 cm³/mol. The SMILES string of the molecule is CCCSP(=O)(N(C)C(=O)NS(=O)(=O)C(Cl)(Cl)Cl)N(C)C(=O)C1CC1. The van der Waals surface area contributed by atoms with Gasteiger partial charge in [-0.25, -0.2) is 17.9 Å². The second-order valence-corrected chi connectivity index (χ2v) is 15.2. The summed E-state index contributed by atoms with van der Waals surface area (Å²) in [6.07, 6.45) is 2.03. The third-order valence-corrected chi connectivity index (χ3v) is 12.0. The molecule has 146 valence electrons. The molecular weight excluding hydrogens is 456 g/mol. The molecule has 0 radical (unpaired) electrons. The van der Waals surface area contributed by atoms with Crippen LogP contribution in [0.3, 0.4) is 0 Å². The molecule has 1 rings (SSSR count). The number of carbonyl (C=O) groups is 2. The third-order valence-electron chi connectivity index (χ3n) is 3.29. The number of hydrogen-bond donors (Lipinski definition) is 1. The Kier molecular flexibility index (Phi) is 7.82. The van der Waals surface area contributed by atoms with E-state index in [-0.39, 0.29) is 11.8 Å². The largest absolute Gasteiger partial charge is 0.338 e. The van der Waals surface area contributed by atoms with Crippen molar-refractivity contribution in [2.45, 2.75) is 29.3 Å². The lowest BCUT2D eigenvalue weighted by Crippen LogP contribution is -2.45. The highest BCUT2D eigenvalue weighted by Crippen LogP contribution is 2.64. The standard InChI is InChI=1S/C11H19Cl3N3O5PS2/c1-4-7-24-23(20,16(2)9(18)8-5-6-8)17(3)10(19)15-25(21,22)11(12,13)14/h8H,4-7H2,1-3H3,(H,15,19). The van der Waals surface area contributed by atoms with Crippen LogP contribution in [0.25, 0.3) is 0 Å². The lowest BCUT2D eigenvalue weighted by Gasteiger charge is -2.34. The summed E-state index contributed by atoms with van der Waals surface area (Å²) < 4.78 is 37.4. The van der Waals surface area contributed by atoms with E-state index in [4.69, 9.17) is 34.8 Å². The van der Waals surface area contributed by atoms with E-state index in [2.05, 4.69) is 0 Å². The van der Waals surface area contributed by atoms with Crippen molar-refractivity contribution < 1.29 is 22.6 Å². The van der Waals surface area contributed by atoms with Gasteiger partial charge in [-0.2, -0.15) is 0 Å². The van der Waals surface area contributed by atoms with E-state index < -0.39 is 25.8 Å². The van der Waals surface area contributed by atoms with E-state index in [9.17, 15) is 22.6 Å². The highest BCUT2D eigenvalue weighted by molar-refractivity contribution is 8.56. The van der Waals surface area contributed by atoms with Crippen LogP contribution in [0.5, 0.6) is 0 Å². The summed E-state index contributed by atoms with van der Waals surface area (Å²) in [5.74, 6) is -0.174. The summed E-state index contributed by atoms with van der Waals surface area (Å²) in [6.45, 7) is -1.91. The molecule has 0 heterocycles. The zero-order chi connectivity index (χ0) is 19.6. The van der Waals surface area contributed by atoms with Crippen molar-refractivity contribution in [1.29, 1.82) is 0 Å². The highest BCUT2D eigenvalue weighted by Gasteiger charge is 2.46. The molecule has 0 aromatic heterocycles. The van der Waals surface area contributed by atoms with Crippen molar-refractivity contribution in [1.82, 2.24) is 14.1 Å². The highest BCUT2D eigenvalue weighted by atomic mass is 35.6. The Labute approximate surface area is 166 Å². The molecule has 1 saturated carbocycles. The number of rotatable bonds is 7. The van der Waals surface area contributed by atoms with Crippen molar-refractivity contribution in [2.75, 3.05) is 19.8 Å². The second kappa shape index (κ2) is 8.44. The van der Waals surface area contributed by atoms with Gasteiger partial charge in [-0.05, 0) is 19.3 Å². The second-order valence-electron chi connectivity index (χ2n) is 5.34. The van der Waals surface area contributed by atoms with Gasteiger partial charge in [-0.15, -0.1) is 0 Å². The number of carbonyl (C=O) groups excluding carboxylic acids is 2. The fourth-order valence-corrected chi connectivity index (χ4v) is 7.18. The number of amides is 3. The molecule has 1 atom stereocenters. The molecular formula is C11H19Cl3N3O5PS2. The Morgan fingerprint density at radius 1 is 1.24 bits per heavy atom. The van der Waals surface area contributed by atoms with Gasteiger partial charge in [0.2, 0.25) is 5.91 Å². The quantitative estimate of drug-likeness (QED) is 0.448. The van der Waals surface area contributed by atoms with Gasteiger partial charge in [0, 0.05) is 25.8 Å². The average Bonchev–Trinajstić information content (AvgIpc) is 3.33. The maximum Gasteiger partial charge on any atom is 0.338 e. The minimum Gasteiger partial charge on any atom is -0.274 e. The van der Waals surface area contributed by atoms with E-state index in [0.717, 1.165) is 23.1 Å². The summed E-state index contributed by atoms with van der Waals surface area (Å²) in [6, 6.07) is -1.26. The molecule has 3 amide bonds. The molecule has 0 saturated heterocycles. The van der Waals surface area contributed by atoms with Gasteiger partial charge in [-0.3, -0.25) is 18.7 Å². The Balaban J connectivity index is 3.06. The first kappa shape index (κ1) is 23.2. The maximum atomic E-state index is 13.4.